The molecule has 0 heterocycles. The van der Waals surface area contributed by atoms with E-state index in [4.69, 9.17) is 14.5 Å². The molecule has 0 aromatic carbocycles. The SMILES string of the molecule is CNCCS(=O)OCCOB(O)OO. The number of nitrogens with one attached hydrogen (secondary N) is 1. The Morgan fingerprint density at radius 3 is 2.79 bits per heavy atom. The van der Waals surface area contributed by atoms with Crippen LogP contribution in [-0.4, -0.2) is 54.4 Å². The maximum Gasteiger partial charge on any atom is 0.665 e. The predicted molar refractivity (Wildman–Crippen MR) is 50.5 cm³/mol. The molecule has 0 aromatic heterocycles. The first-order valence-corrected chi connectivity index (χ1v) is 5.21. The number of rotatable bonds is 9. The van der Waals surface area contributed by atoms with E-state index in [1.54, 1.807) is 7.05 Å². The van der Waals surface area contributed by atoms with Crippen molar-refractivity contribution in [2.24, 2.45) is 0 Å². The average molecular weight is 227 g/mol. The third-order valence-corrected chi connectivity index (χ3v) is 2.13. The van der Waals surface area contributed by atoms with Gasteiger partial charge < -0.3 is 15.0 Å². The van der Waals surface area contributed by atoms with Gasteiger partial charge in [0.15, 0.2) is 11.1 Å². The molecule has 84 valence electrons. The topological polar surface area (TPSA) is 97.3 Å². The van der Waals surface area contributed by atoms with E-state index >= 15 is 0 Å². The Morgan fingerprint density at radius 2 is 2.21 bits per heavy atom. The average Bonchev–Trinajstić information content (AvgIpc) is 2.21. The molecule has 0 aliphatic carbocycles. The smallest absolute Gasteiger partial charge is 0.400 e. The molecule has 0 radical (unpaired) electrons. The van der Waals surface area contributed by atoms with E-state index in [1.165, 1.54) is 0 Å². The van der Waals surface area contributed by atoms with Gasteiger partial charge in [0, 0.05) is 6.54 Å². The zero-order chi connectivity index (χ0) is 10.8. The van der Waals surface area contributed by atoms with E-state index in [0.717, 1.165) is 0 Å². The lowest BCUT2D eigenvalue weighted by molar-refractivity contribution is -0.178. The monoisotopic (exact) mass is 227 g/mol. The van der Waals surface area contributed by atoms with Gasteiger partial charge in [-0.15, -0.1) is 0 Å². The van der Waals surface area contributed by atoms with Crippen molar-refractivity contribution in [3.63, 3.8) is 0 Å². The molecule has 0 rings (SSSR count). The quantitative estimate of drug-likeness (QED) is 0.188. The summed E-state index contributed by atoms with van der Waals surface area (Å²) in [5, 5.41) is 19.2. The largest absolute Gasteiger partial charge is 0.665 e. The van der Waals surface area contributed by atoms with Crippen LogP contribution >= 0.6 is 0 Å². The van der Waals surface area contributed by atoms with Crippen molar-refractivity contribution < 1.29 is 28.1 Å². The van der Waals surface area contributed by atoms with Crippen LogP contribution in [0.4, 0.5) is 0 Å². The zero-order valence-corrected chi connectivity index (χ0v) is 8.66. The lowest BCUT2D eigenvalue weighted by atomic mass is 10.3. The van der Waals surface area contributed by atoms with E-state index in [2.05, 4.69) is 14.8 Å². The highest BCUT2D eigenvalue weighted by atomic mass is 32.2. The van der Waals surface area contributed by atoms with Crippen molar-refractivity contribution >= 4 is 18.4 Å². The van der Waals surface area contributed by atoms with Gasteiger partial charge in [-0.1, -0.05) is 0 Å². The molecular formula is C5H14BNO6S. The van der Waals surface area contributed by atoms with E-state index in [1.807, 2.05) is 0 Å². The summed E-state index contributed by atoms with van der Waals surface area (Å²) in [5.74, 6) is 0.384. The Bertz CT molecular complexity index is 161. The molecule has 9 heteroatoms. The molecule has 0 bridgehead atoms. The fraction of sp³-hybridized carbons (Fsp3) is 1.00. The molecule has 14 heavy (non-hydrogen) atoms. The van der Waals surface area contributed by atoms with E-state index in [-0.39, 0.29) is 13.2 Å². The maximum absolute atomic E-state index is 11.0. The summed E-state index contributed by atoms with van der Waals surface area (Å²) >= 11 is -1.36. The van der Waals surface area contributed by atoms with Gasteiger partial charge in [-0.25, -0.2) is 9.01 Å². The minimum Gasteiger partial charge on any atom is -0.400 e. The summed E-state index contributed by atoms with van der Waals surface area (Å²) in [6.07, 6.45) is 0. The third-order valence-electron chi connectivity index (χ3n) is 1.17. The molecule has 1 atom stereocenters. The van der Waals surface area contributed by atoms with Crippen LogP contribution in [0.2, 0.25) is 0 Å². The van der Waals surface area contributed by atoms with Crippen LogP contribution in [0, 0.1) is 0 Å². The fourth-order valence-electron chi connectivity index (χ4n) is 0.551. The molecule has 0 aromatic rings. The van der Waals surface area contributed by atoms with Crippen molar-refractivity contribution in [2.75, 3.05) is 32.6 Å². The highest BCUT2D eigenvalue weighted by Gasteiger charge is 2.14. The normalized spacial score (nSPS) is 12.8. The molecule has 1 unspecified atom stereocenters. The zero-order valence-electron chi connectivity index (χ0n) is 7.84. The minimum atomic E-state index is -1.69. The second-order valence-corrected chi connectivity index (χ2v) is 3.47. The first-order valence-electron chi connectivity index (χ1n) is 3.97. The Morgan fingerprint density at radius 1 is 1.50 bits per heavy atom. The van der Waals surface area contributed by atoms with Gasteiger partial charge in [-0.05, 0) is 7.05 Å². The van der Waals surface area contributed by atoms with Gasteiger partial charge in [0.25, 0.3) is 0 Å². The molecule has 0 spiro atoms. The summed E-state index contributed by atoms with van der Waals surface area (Å²) in [5.41, 5.74) is 0. The van der Waals surface area contributed by atoms with E-state index in [9.17, 15) is 4.21 Å². The maximum atomic E-state index is 11.0. The first kappa shape index (κ1) is 14.0. The lowest BCUT2D eigenvalue weighted by Gasteiger charge is -2.04. The van der Waals surface area contributed by atoms with Crippen LogP contribution in [-0.2, 0) is 24.7 Å². The van der Waals surface area contributed by atoms with Crippen molar-refractivity contribution in [1.82, 2.24) is 5.32 Å². The van der Waals surface area contributed by atoms with Gasteiger partial charge >= 0.3 is 7.32 Å². The second kappa shape index (κ2) is 9.53. The second-order valence-electron chi connectivity index (χ2n) is 2.22. The highest BCUT2D eigenvalue weighted by Crippen LogP contribution is 1.87. The molecule has 3 N–H and O–H groups in total. The van der Waals surface area contributed by atoms with Gasteiger partial charge in [0.05, 0.1) is 19.0 Å². The summed E-state index contributed by atoms with van der Waals surface area (Å²) in [4.78, 5) is 3.41. The summed E-state index contributed by atoms with van der Waals surface area (Å²) < 4.78 is 20.2. The van der Waals surface area contributed by atoms with Gasteiger partial charge in [0.2, 0.25) is 0 Å². The summed E-state index contributed by atoms with van der Waals surface area (Å²) in [6, 6.07) is 0. The standard InChI is InChI=1S/C5H14BNO6S/c1-7-2-5-14(10)12-4-3-11-6(8)13-9/h7-9H,2-5H2,1H3. The minimum absolute atomic E-state index is 0.0208. The van der Waals surface area contributed by atoms with Crippen LogP contribution in [0.3, 0.4) is 0 Å². The number of hydrogen-bond donors (Lipinski definition) is 3. The van der Waals surface area contributed by atoms with E-state index in [0.29, 0.717) is 12.3 Å². The molecular weight excluding hydrogens is 213 g/mol. The molecule has 0 saturated carbocycles. The van der Waals surface area contributed by atoms with Crippen LogP contribution in [0.1, 0.15) is 0 Å². The predicted octanol–water partition coefficient (Wildman–Crippen LogP) is -1.63. The first-order chi connectivity index (χ1) is 6.70. The number of hydrogen-bond acceptors (Lipinski definition) is 7. The Balaban J connectivity index is 3.22. The van der Waals surface area contributed by atoms with Crippen molar-refractivity contribution in [1.29, 1.82) is 0 Å². The third kappa shape index (κ3) is 8.57. The molecule has 0 aliphatic heterocycles. The lowest BCUT2D eigenvalue weighted by Crippen LogP contribution is -2.24. The van der Waals surface area contributed by atoms with E-state index < -0.39 is 18.4 Å². The van der Waals surface area contributed by atoms with Crippen molar-refractivity contribution in [2.45, 2.75) is 0 Å². The summed E-state index contributed by atoms with van der Waals surface area (Å²) in [7, 11) is 0.0549. The van der Waals surface area contributed by atoms with Crippen molar-refractivity contribution in [3.8, 4) is 0 Å². The van der Waals surface area contributed by atoms with Crippen LogP contribution in [0.25, 0.3) is 0 Å². The highest BCUT2D eigenvalue weighted by molar-refractivity contribution is 7.80. The van der Waals surface area contributed by atoms with Crippen LogP contribution in [0.15, 0.2) is 0 Å². The van der Waals surface area contributed by atoms with Gasteiger partial charge in [0.1, 0.15) is 0 Å². The molecule has 7 nitrogen and oxygen atoms in total. The van der Waals surface area contributed by atoms with Crippen LogP contribution < -0.4 is 5.32 Å². The van der Waals surface area contributed by atoms with Crippen molar-refractivity contribution in [3.05, 3.63) is 0 Å². The van der Waals surface area contributed by atoms with Gasteiger partial charge in [-0.2, -0.15) is 0 Å². The molecule has 0 aliphatic rings. The Labute approximate surface area is 85.1 Å². The summed E-state index contributed by atoms with van der Waals surface area (Å²) in [6.45, 7) is 0.625. The molecule has 0 amide bonds. The molecule has 0 saturated heterocycles. The van der Waals surface area contributed by atoms with Gasteiger partial charge in [-0.3, -0.25) is 9.44 Å². The fourth-order valence-corrected chi connectivity index (χ4v) is 1.29. The Hall–Kier alpha value is -0.0251. The molecule has 0 fully saturated rings. The Kier molecular flexibility index (Phi) is 9.51. The van der Waals surface area contributed by atoms with Crippen LogP contribution in [0.5, 0.6) is 0 Å².